The minimum atomic E-state index is 0. The number of hydrogen-bond acceptors (Lipinski definition) is 1. The Morgan fingerprint density at radius 1 is 0.952 bits per heavy atom. The van der Waals surface area contributed by atoms with Gasteiger partial charge in [0.1, 0.15) is 0 Å². The fraction of sp³-hybridized carbons (Fsp3) is 0.389. The molecule has 0 amide bonds. The molecule has 0 saturated heterocycles. The number of fused-ring (bicyclic) bond motifs is 1. The number of nitrogens with zero attached hydrogens (tertiary/aromatic N) is 1. The number of H-pyrrole nitrogens is 2. The molecule has 3 rings (SSSR count). The third-order valence-electron chi connectivity index (χ3n) is 2.99. The van der Waals surface area contributed by atoms with Gasteiger partial charge < -0.3 is 9.97 Å². The van der Waals surface area contributed by atoms with Crippen molar-refractivity contribution in [3.8, 4) is 0 Å². The minimum Gasteiger partial charge on any atom is -0.361 e. The van der Waals surface area contributed by atoms with E-state index >= 15 is 0 Å². The van der Waals surface area contributed by atoms with Gasteiger partial charge in [-0.3, -0.25) is 0 Å². The van der Waals surface area contributed by atoms with E-state index in [9.17, 15) is 0 Å². The van der Waals surface area contributed by atoms with Crippen molar-refractivity contribution in [3.63, 3.8) is 0 Å². The zero-order valence-corrected chi connectivity index (χ0v) is 10.9. The van der Waals surface area contributed by atoms with Crippen LogP contribution in [0.25, 0.3) is 10.9 Å². The monoisotopic (exact) mass is 289 g/mol. The number of aromatic nitrogens is 3. The van der Waals surface area contributed by atoms with Gasteiger partial charge in [0.15, 0.2) is 0 Å². The average molecular weight is 289 g/mol. The van der Waals surface area contributed by atoms with Gasteiger partial charge in [-0.2, -0.15) is 0 Å². The number of nitrogens with one attached hydrogen (secondary N) is 2. The molecule has 0 fully saturated rings. The van der Waals surface area contributed by atoms with Crippen molar-refractivity contribution in [2.45, 2.75) is 49.0 Å². The normalized spacial score (nSPS) is 8.67. The maximum Gasteiger partial charge on any atom is 0.0921 e. The molecule has 0 saturated carbocycles. The Labute approximate surface area is 129 Å². The molecule has 0 aliphatic rings. The van der Waals surface area contributed by atoms with Crippen molar-refractivity contribution in [1.29, 1.82) is 0 Å². The van der Waals surface area contributed by atoms with E-state index in [1.165, 1.54) is 22.2 Å². The molecule has 0 atom stereocenters. The molecule has 0 aliphatic heterocycles. The molecule has 0 aliphatic carbocycles. The predicted octanol–water partition coefficient (Wildman–Crippen LogP) is 5.61. The van der Waals surface area contributed by atoms with Gasteiger partial charge in [-0.05, 0) is 24.5 Å². The first-order valence-corrected chi connectivity index (χ1v) is 6.37. The summed E-state index contributed by atoms with van der Waals surface area (Å²) >= 11 is 0. The van der Waals surface area contributed by atoms with Crippen molar-refractivity contribution in [1.82, 2.24) is 15.0 Å². The van der Waals surface area contributed by atoms with Crippen LogP contribution in [0.2, 0.25) is 0 Å². The van der Waals surface area contributed by atoms with Gasteiger partial charge in [0.05, 0.1) is 6.33 Å². The Balaban J connectivity index is 0. The highest BCUT2D eigenvalue weighted by Gasteiger charge is 1.97. The van der Waals surface area contributed by atoms with E-state index in [0.717, 1.165) is 12.8 Å². The van der Waals surface area contributed by atoms with Gasteiger partial charge in [-0.15, -0.1) is 0 Å². The van der Waals surface area contributed by atoms with Crippen molar-refractivity contribution >= 4 is 10.9 Å². The summed E-state index contributed by atoms with van der Waals surface area (Å²) in [5.74, 6) is 0. The average Bonchev–Trinajstić information content (AvgIpc) is 3.08. The minimum absolute atomic E-state index is 0. The molecule has 3 heteroatoms. The van der Waals surface area contributed by atoms with Crippen LogP contribution >= 0.6 is 0 Å². The maximum atomic E-state index is 3.84. The van der Waals surface area contributed by atoms with E-state index in [4.69, 9.17) is 0 Å². The summed E-state index contributed by atoms with van der Waals surface area (Å²) < 4.78 is 0. The number of aryl methyl sites for hydroxylation is 2. The van der Waals surface area contributed by atoms with Crippen LogP contribution in [0.15, 0.2) is 43.0 Å². The molecule has 21 heavy (non-hydrogen) atoms. The van der Waals surface area contributed by atoms with E-state index in [2.05, 4.69) is 59.3 Å². The summed E-state index contributed by atoms with van der Waals surface area (Å²) in [6.07, 6.45) is 7.76. The van der Waals surface area contributed by atoms with Gasteiger partial charge >= 0.3 is 0 Å². The molecule has 118 valence electrons. The molecule has 2 heterocycles. The fourth-order valence-electron chi connectivity index (χ4n) is 1.90. The smallest absolute Gasteiger partial charge is 0.0921 e. The quantitative estimate of drug-likeness (QED) is 0.632. The maximum absolute atomic E-state index is 3.84. The van der Waals surface area contributed by atoms with Crippen molar-refractivity contribution in [2.75, 3.05) is 0 Å². The number of hydrogen-bond donors (Lipinski definition) is 2. The van der Waals surface area contributed by atoms with Crippen LogP contribution < -0.4 is 0 Å². The number of imidazole rings is 1. The van der Waals surface area contributed by atoms with Gasteiger partial charge in [0.2, 0.25) is 0 Å². The highest BCUT2D eigenvalue weighted by Crippen LogP contribution is 2.17. The summed E-state index contributed by atoms with van der Waals surface area (Å²) in [5, 5.41) is 1.36. The molecule has 0 radical (unpaired) electrons. The molecule has 2 aromatic heterocycles. The molecular formula is C18H31N3. The predicted molar refractivity (Wildman–Crippen MR) is 95.8 cm³/mol. The summed E-state index contributed by atoms with van der Waals surface area (Å²) in [5.41, 5.74) is 3.84. The second-order valence-corrected chi connectivity index (χ2v) is 4.14. The number of rotatable bonds is 2. The molecular weight excluding hydrogens is 258 g/mol. The summed E-state index contributed by atoms with van der Waals surface area (Å²) in [4.78, 5) is 10.1. The SMILES string of the molecule is C.C.C.CCc1c[nH]c2ccccc12.CCc1cnc[nH]1. The van der Waals surface area contributed by atoms with Crippen molar-refractivity contribution in [3.05, 3.63) is 54.2 Å². The standard InChI is InChI=1S/C10H11N.C5H8N2.3CH4/c1-2-8-7-11-10-6-4-3-5-9(8)10;1-2-5-3-6-4-7-5;;;/h3-7,11H,2H2,1H3;3-4H,2H2,1H3,(H,6,7);3*1H4. The lowest BCUT2D eigenvalue weighted by Crippen LogP contribution is -1.73. The highest BCUT2D eigenvalue weighted by atomic mass is 14.8. The third-order valence-corrected chi connectivity index (χ3v) is 2.99. The number of para-hydroxylation sites is 1. The lowest BCUT2D eigenvalue weighted by molar-refractivity contribution is 1.06. The second-order valence-electron chi connectivity index (χ2n) is 4.14. The summed E-state index contributed by atoms with van der Waals surface area (Å²) in [6, 6.07) is 8.40. The first-order valence-electron chi connectivity index (χ1n) is 6.37. The van der Waals surface area contributed by atoms with Crippen LogP contribution in [0, 0.1) is 0 Å². The lowest BCUT2D eigenvalue weighted by atomic mass is 10.1. The van der Waals surface area contributed by atoms with E-state index in [0.29, 0.717) is 0 Å². The van der Waals surface area contributed by atoms with Crippen LogP contribution in [0.5, 0.6) is 0 Å². The van der Waals surface area contributed by atoms with Gasteiger partial charge in [-0.25, -0.2) is 4.98 Å². The third kappa shape index (κ3) is 5.46. The largest absolute Gasteiger partial charge is 0.361 e. The first-order chi connectivity index (χ1) is 8.85. The first kappa shape index (κ1) is 21.3. The van der Waals surface area contributed by atoms with Crippen LogP contribution in [0.4, 0.5) is 0 Å². The Kier molecular flexibility index (Phi) is 10.9. The number of benzene rings is 1. The number of aromatic amines is 2. The molecule has 3 nitrogen and oxygen atoms in total. The lowest BCUT2D eigenvalue weighted by Gasteiger charge is -1.90. The Morgan fingerprint density at radius 2 is 1.67 bits per heavy atom. The van der Waals surface area contributed by atoms with Crippen LogP contribution in [-0.4, -0.2) is 15.0 Å². The molecule has 2 N–H and O–H groups in total. The molecule has 3 aromatic rings. The van der Waals surface area contributed by atoms with Crippen LogP contribution in [0.3, 0.4) is 0 Å². The summed E-state index contributed by atoms with van der Waals surface area (Å²) in [6.45, 7) is 4.27. The van der Waals surface area contributed by atoms with Crippen molar-refractivity contribution < 1.29 is 0 Å². The van der Waals surface area contributed by atoms with E-state index < -0.39 is 0 Å². The Hall–Kier alpha value is -2.03. The molecule has 0 unspecified atom stereocenters. The molecule has 1 aromatic carbocycles. The zero-order valence-electron chi connectivity index (χ0n) is 10.9. The Bertz CT molecular complexity index is 579. The van der Waals surface area contributed by atoms with E-state index in [1.54, 1.807) is 6.33 Å². The van der Waals surface area contributed by atoms with Gasteiger partial charge in [0.25, 0.3) is 0 Å². The van der Waals surface area contributed by atoms with Crippen LogP contribution in [-0.2, 0) is 12.8 Å². The van der Waals surface area contributed by atoms with Crippen molar-refractivity contribution in [2.24, 2.45) is 0 Å². The van der Waals surface area contributed by atoms with Gasteiger partial charge in [0, 0.05) is 29.0 Å². The second kappa shape index (κ2) is 10.7. The topological polar surface area (TPSA) is 44.5 Å². The zero-order chi connectivity index (χ0) is 12.8. The molecule has 0 spiro atoms. The van der Waals surface area contributed by atoms with Gasteiger partial charge in [-0.1, -0.05) is 54.3 Å². The highest BCUT2D eigenvalue weighted by molar-refractivity contribution is 5.82. The summed E-state index contributed by atoms with van der Waals surface area (Å²) in [7, 11) is 0. The molecule has 0 bridgehead atoms. The van der Waals surface area contributed by atoms with Crippen LogP contribution in [0.1, 0.15) is 47.4 Å². The fourth-order valence-corrected chi connectivity index (χ4v) is 1.90. The Morgan fingerprint density at radius 3 is 2.19 bits per heavy atom. The van der Waals surface area contributed by atoms with E-state index in [-0.39, 0.29) is 22.3 Å². The van der Waals surface area contributed by atoms with E-state index in [1.807, 2.05) is 6.20 Å².